The van der Waals surface area contributed by atoms with Crippen LogP contribution >= 0.6 is 0 Å². The van der Waals surface area contributed by atoms with Crippen LogP contribution in [0.2, 0.25) is 0 Å². The van der Waals surface area contributed by atoms with Gasteiger partial charge in [0.25, 0.3) is 0 Å². The van der Waals surface area contributed by atoms with Crippen LogP contribution in [0.1, 0.15) is 81.6 Å². The zero-order chi connectivity index (χ0) is 24.0. The van der Waals surface area contributed by atoms with E-state index in [1.165, 1.54) is 6.42 Å². The second-order valence-corrected chi connectivity index (χ2v) is 12.4. The summed E-state index contributed by atoms with van der Waals surface area (Å²) in [5.41, 5.74) is -0.325. The minimum absolute atomic E-state index is 0.0942. The molecule has 6 atom stereocenters. The molecular formula is C24H43BN2O5. The molecular weight excluding hydrogens is 407 g/mol. The number of hydrogen-bond donors (Lipinski definition) is 2. The molecule has 1 aliphatic heterocycles. The molecule has 2 N–H and O–H groups in total. The summed E-state index contributed by atoms with van der Waals surface area (Å²) < 4.78 is 18.2. The minimum atomic E-state index is -0.699. The van der Waals surface area contributed by atoms with Crippen molar-refractivity contribution in [3.63, 3.8) is 0 Å². The van der Waals surface area contributed by atoms with E-state index in [0.29, 0.717) is 23.2 Å². The van der Waals surface area contributed by atoms with Gasteiger partial charge in [0.1, 0.15) is 11.6 Å². The van der Waals surface area contributed by atoms with Crippen LogP contribution in [0.5, 0.6) is 0 Å². The van der Waals surface area contributed by atoms with E-state index in [1.54, 1.807) is 20.8 Å². The molecule has 0 unspecified atom stereocenters. The third kappa shape index (κ3) is 5.44. The SMILES string of the molecule is CC(C)C[C@H](NC(=O)[C@@H](NC(=O)OC(C)(C)C)C(C)C)B1O[C@H]2[C@H]3C[C@@H](C[C@H]2O1)C3(C)C. The van der Waals surface area contributed by atoms with Gasteiger partial charge in [0.2, 0.25) is 5.91 Å². The van der Waals surface area contributed by atoms with Crippen molar-refractivity contribution in [2.45, 2.75) is 111 Å². The van der Waals surface area contributed by atoms with Crippen molar-refractivity contribution in [1.29, 1.82) is 0 Å². The number of alkyl carbamates (subject to hydrolysis) is 1. The molecule has 182 valence electrons. The molecule has 0 aromatic carbocycles. The third-order valence-electron chi connectivity index (χ3n) is 7.43. The Morgan fingerprint density at radius 2 is 1.75 bits per heavy atom. The van der Waals surface area contributed by atoms with E-state index < -0.39 is 24.9 Å². The van der Waals surface area contributed by atoms with Crippen molar-refractivity contribution < 1.29 is 23.6 Å². The minimum Gasteiger partial charge on any atom is -0.444 e. The summed E-state index contributed by atoms with van der Waals surface area (Å²) in [6.07, 6.45) is 2.61. The van der Waals surface area contributed by atoms with Crippen LogP contribution in [0.15, 0.2) is 0 Å². The predicted octanol–water partition coefficient (Wildman–Crippen LogP) is 3.94. The highest BCUT2D eigenvalue weighted by Crippen LogP contribution is 2.61. The normalized spacial score (nSPS) is 30.4. The summed E-state index contributed by atoms with van der Waals surface area (Å²) in [7, 11) is -0.458. The molecule has 8 heteroatoms. The zero-order valence-corrected chi connectivity index (χ0v) is 21.4. The molecule has 4 aliphatic rings. The molecule has 0 aromatic heterocycles. The third-order valence-corrected chi connectivity index (χ3v) is 7.43. The van der Waals surface area contributed by atoms with Crippen molar-refractivity contribution in [2.24, 2.45) is 29.1 Å². The lowest BCUT2D eigenvalue weighted by Crippen LogP contribution is -2.59. The van der Waals surface area contributed by atoms with Gasteiger partial charge in [-0.05, 0) is 69.1 Å². The summed E-state index contributed by atoms with van der Waals surface area (Å²) in [5.74, 6) is 0.972. The van der Waals surface area contributed by atoms with Crippen LogP contribution in [-0.4, -0.2) is 48.9 Å². The fourth-order valence-corrected chi connectivity index (χ4v) is 5.54. The molecule has 3 aliphatic carbocycles. The maximum Gasteiger partial charge on any atom is 0.481 e. The van der Waals surface area contributed by atoms with Crippen LogP contribution in [-0.2, 0) is 18.8 Å². The maximum atomic E-state index is 13.2. The molecule has 0 spiro atoms. The Balaban J connectivity index is 1.67. The van der Waals surface area contributed by atoms with E-state index in [-0.39, 0.29) is 30.0 Å². The first kappa shape index (κ1) is 25.3. The Labute approximate surface area is 194 Å². The average molecular weight is 450 g/mol. The van der Waals surface area contributed by atoms with E-state index in [9.17, 15) is 9.59 Å². The first-order valence-corrected chi connectivity index (χ1v) is 12.3. The van der Waals surface area contributed by atoms with E-state index >= 15 is 0 Å². The summed E-state index contributed by atoms with van der Waals surface area (Å²) in [4.78, 5) is 25.5. The van der Waals surface area contributed by atoms with Gasteiger partial charge in [-0.25, -0.2) is 4.79 Å². The van der Waals surface area contributed by atoms with Crippen molar-refractivity contribution in [3.05, 3.63) is 0 Å². The van der Waals surface area contributed by atoms with E-state index in [0.717, 1.165) is 12.8 Å². The molecule has 2 amide bonds. The van der Waals surface area contributed by atoms with Gasteiger partial charge in [-0.15, -0.1) is 0 Å². The van der Waals surface area contributed by atoms with Gasteiger partial charge in [0.05, 0.1) is 18.1 Å². The van der Waals surface area contributed by atoms with Gasteiger partial charge >= 0.3 is 13.2 Å². The predicted molar refractivity (Wildman–Crippen MR) is 125 cm³/mol. The Kier molecular flexibility index (Phi) is 7.26. The summed E-state index contributed by atoms with van der Waals surface area (Å²) in [5, 5.41) is 5.88. The molecule has 32 heavy (non-hydrogen) atoms. The molecule has 7 nitrogen and oxygen atoms in total. The number of hydrogen-bond acceptors (Lipinski definition) is 5. The summed E-state index contributed by atoms with van der Waals surface area (Å²) in [6.45, 7) is 18.1. The van der Waals surface area contributed by atoms with Gasteiger partial charge in [0, 0.05) is 0 Å². The van der Waals surface area contributed by atoms with Gasteiger partial charge in [-0.2, -0.15) is 0 Å². The first-order chi connectivity index (χ1) is 14.7. The van der Waals surface area contributed by atoms with Gasteiger partial charge in [-0.3, -0.25) is 4.79 Å². The van der Waals surface area contributed by atoms with Crippen LogP contribution in [0, 0.1) is 29.1 Å². The lowest BCUT2D eigenvalue weighted by molar-refractivity contribution is -0.150. The van der Waals surface area contributed by atoms with Crippen molar-refractivity contribution in [3.8, 4) is 0 Å². The fourth-order valence-electron chi connectivity index (χ4n) is 5.54. The first-order valence-electron chi connectivity index (χ1n) is 12.3. The number of rotatable bonds is 7. The second-order valence-electron chi connectivity index (χ2n) is 12.4. The second kappa shape index (κ2) is 9.17. The maximum absolute atomic E-state index is 13.2. The molecule has 0 radical (unpaired) electrons. The molecule has 3 saturated carbocycles. The largest absolute Gasteiger partial charge is 0.481 e. The molecule has 2 bridgehead atoms. The fraction of sp³-hybridized carbons (Fsp3) is 0.917. The average Bonchev–Trinajstić information content (AvgIpc) is 3.07. The Morgan fingerprint density at radius 1 is 1.09 bits per heavy atom. The van der Waals surface area contributed by atoms with Crippen LogP contribution < -0.4 is 10.6 Å². The number of amides is 2. The zero-order valence-electron chi connectivity index (χ0n) is 21.4. The quantitative estimate of drug-likeness (QED) is 0.574. The van der Waals surface area contributed by atoms with Crippen LogP contribution in [0.4, 0.5) is 4.79 Å². The lowest BCUT2D eigenvalue weighted by atomic mass is 9.47. The van der Waals surface area contributed by atoms with Crippen molar-refractivity contribution in [1.82, 2.24) is 10.6 Å². The van der Waals surface area contributed by atoms with E-state index in [2.05, 4.69) is 38.3 Å². The Morgan fingerprint density at radius 3 is 2.28 bits per heavy atom. The number of carbonyl (C=O) groups excluding carboxylic acids is 2. The van der Waals surface area contributed by atoms with Gasteiger partial charge in [0.15, 0.2) is 0 Å². The monoisotopic (exact) mass is 450 g/mol. The molecule has 0 aromatic rings. The number of ether oxygens (including phenoxy) is 1. The highest BCUT2D eigenvalue weighted by molar-refractivity contribution is 6.47. The van der Waals surface area contributed by atoms with Crippen LogP contribution in [0.3, 0.4) is 0 Å². The summed E-state index contributed by atoms with van der Waals surface area (Å²) in [6, 6.07) is -0.699. The van der Waals surface area contributed by atoms with Crippen LogP contribution in [0.25, 0.3) is 0 Å². The van der Waals surface area contributed by atoms with Crippen molar-refractivity contribution in [2.75, 3.05) is 0 Å². The molecule has 4 fully saturated rings. The lowest BCUT2D eigenvalue weighted by Gasteiger charge is -2.60. The highest BCUT2D eigenvalue weighted by atomic mass is 16.7. The smallest absolute Gasteiger partial charge is 0.444 e. The Hall–Kier alpha value is -1.28. The standard InChI is InChI=1S/C24H43BN2O5/c1-13(2)10-18(25-31-17-12-15-11-16(20(17)32-25)24(15,8)9)26-21(28)19(14(3)4)27-22(29)30-23(5,6)7/h13-20H,10-12H2,1-9H3,(H,26,28)(H,27,29)/t15-,16+,17+,18-,19-,20-/m0/s1. The molecule has 1 saturated heterocycles. The van der Waals surface area contributed by atoms with Gasteiger partial charge < -0.3 is 24.7 Å². The van der Waals surface area contributed by atoms with E-state index in [1.807, 2.05) is 13.8 Å². The van der Waals surface area contributed by atoms with Crippen molar-refractivity contribution >= 4 is 19.1 Å². The van der Waals surface area contributed by atoms with Gasteiger partial charge in [-0.1, -0.05) is 41.5 Å². The number of nitrogens with one attached hydrogen (secondary N) is 2. The highest BCUT2D eigenvalue weighted by Gasteiger charge is 2.62. The van der Waals surface area contributed by atoms with E-state index in [4.69, 9.17) is 14.0 Å². The summed E-state index contributed by atoms with van der Waals surface area (Å²) >= 11 is 0. The Bertz CT molecular complexity index is 705. The topological polar surface area (TPSA) is 85.9 Å². The number of carbonyl (C=O) groups is 2. The molecule has 4 rings (SSSR count). The molecule has 1 heterocycles.